The number of carbonyl (C=O) groups excluding carboxylic acids is 3. The molecule has 1 spiro atoms. The summed E-state index contributed by atoms with van der Waals surface area (Å²) in [5, 5.41) is 20.6. The molecule has 1 fully saturated rings. The summed E-state index contributed by atoms with van der Waals surface area (Å²) in [6, 6.07) is 21.0. The maximum atomic E-state index is 13.8. The molecular formula is C25H19N3O4. The zero-order chi connectivity index (χ0) is 22.9. The Morgan fingerprint density at radius 2 is 1.59 bits per heavy atom. The third kappa shape index (κ3) is 2.75. The minimum absolute atomic E-state index is 0.0808. The monoisotopic (exact) mass is 425 g/mol. The lowest BCUT2D eigenvalue weighted by molar-refractivity contribution is -0.138. The topological polar surface area (TPSA) is 111 Å². The number of esters is 1. The van der Waals surface area contributed by atoms with Gasteiger partial charge in [-0.2, -0.15) is 10.5 Å². The molecule has 0 aromatic heterocycles. The quantitative estimate of drug-likeness (QED) is 0.548. The molecule has 1 atom stereocenters. The molecule has 32 heavy (non-hydrogen) atoms. The van der Waals surface area contributed by atoms with E-state index in [1.54, 1.807) is 67.6 Å². The summed E-state index contributed by atoms with van der Waals surface area (Å²) in [7, 11) is 0. The molecule has 7 nitrogen and oxygen atoms in total. The molecule has 1 aliphatic heterocycles. The Labute approximate surface area is 185 Å². The molecule has 2 aliphatic rings. The van der Waals surface area contributed by atoms with Crippen LogP contribution < -0.4 is 4.90 Å². The third-order valence-electron chi connectivity index (χ3n) is 6.12. The Balaban J connectivity index is 1.95. The summed E-state index contributed by atoms with van der Waals surface area (Å²) < 4.78 is 5.21. The predicted octanol–water partition coefficient (Wildman–Crippen LogP) is 3.39. The van der Waals surface area contributed by atoms with Crippen molar-refractivity contribution >= 4 is 29.0 Å². The maximum absolute atomic E-state index is 13.8. The highest BCUT2D eigenvalue weighted by Crippen LogP contribution is 2.63. The lowest BCUT2D eigenvalue weighted by atomic mass is 9.62. The number of anilines is 1. The number of allylic oxidation sites excluding steroid dienone is 1. The van der Waals surface area contributed by atoms with Crippen molar-refractivity contribution in [2.45, 2.75) is 19.8 Å². The second-order valence-electron chi connectivity index (χ2n) is 7.72. The van der Waals surface area contributed by atoms with Gasteiger partial charge < -0.3 is 4.74 Å². The van der Waals surface area contributed by atoms with E-state index in [0.29, 0.717) is 11.3 Å². The number of benzene rings is 2. The van der Waals surface area contributed by atoms with Crippen LogP contribution in [0.2, 0.25) is 0 Å². The fourth-order valence-corrected chi connectivity index (χ4v) is 4.74. The van der Waals surface area contributed by atoms with Crippen LogP contribution in [0.25, 0.3) is 5.57 Å². The summed E-state index contributed by atoms with van der Waals surface area (Å²) in [5.74, 6) is -1.88. The van der Waals surface area contributed by atoms with Crippen LogP contribution in [0.3, 0.4) is 0 Å². The zero-order valence-electron chi connectivity index (χ0n) is 17.4. The van der Waals surface area contributed by atoms with Crippen LogP contribution >= 0.6 is 0 Å². The van der Waals surface area contributed by atoms with Crippen LogP contribution in [0, 0.1) is 33.5 Å². The number of carbonyl (C=O) groups is 3. The summed E-state index contributed by atoms with van der Waals surface area (Å²) >= 11 is 0. The zero-order valence-corrected chi connectivity index (χ0v) is 17.4. The van der Waals surface area contributed by atoms with E-state index in [1.807, 2.05) is 12.1 Å². The van der Waals surface area contributed by atoms with Crippen molar-refractivity contribution in [3.05, 3.63) is 71.8 Å². The summed E-state index contributed by atoms with van der Waals surface area (Å²) in [4.78, 5) is 40.8. The fourth-order valence-electron chi connectivity index (χ4n) is 4.74. The number of hydrogen-bond donors (Lipinski definition) is 0. The molecule has 2 amide bonds. The average molecular weight is 425 g/mol. The first-order valence-corrected chi connectivity index (χ1v) is 10.2. The molecule has 1 aliphatic carbocycles. The van der Waals surface area contributed by atoms with E-state index in [2.05, 4.69) is 0 Å². The van der Waals surface area contributed by atoms with E-state index in [1.165, 1.54) is 0 Å². The average Bonchev–Trinajstić information content (AvgIpc) is 3.25. The number of nitriles is 2. The molecule has 7 heteroatoms. The molecular weight excluding hydrogens is 406 g/mol. The van der Waals surface area contributed by atoms with Gasteiger partial charge in [-0.15, -0.1) is 0 Å². The smallest absolute Gasteiger partial charge is 0.334 e. The van der Waals surface area contributed by atoms with Crippen molar-refractivity contribution in [2.75, 3.05) is 11.5 Å². The van der Waals surface area contributed by atoms with Crippen LogP contribution in [-0.4, -0.2) is 24.4 Å². The largest absolute Gasteiger partial charge is 0.463 e. The molecule has 158 valence electrons. The Morgan fingerprint density at radius 1 is 1.00 bits per heavy atom. The number of hydrogen-bond acceptors (Lipinski definition) is 6. The van der Waals surface area contributed by atoms with Gasteiger partial charge in [-0.3, -0.25) is 9.59 Å². The summed E-state index contributed by atoms with van der Waals surface area (Å²) in [5.41, 5.74) is -2.72. The van der Waals surface area contributed by atoms with Crippen molar-refractivity contribution in [1.29, 1.82) is 10.5 Å². The summed E-state index contributed by atoms with van der Waals surface area (Å²) in [6.45, 7) is 1.74. The first-order valence-electron chi connectivity index (χ1n) is 10.2. The van der Waals surface area contributed by atoms with Gasteiger partial charge in [0, 0.05) is 17.6 Å². The number of imide groups is 1. The van der Waals surface area contributed by atoms with Crippen LogP contribution in [0.4, 0.5) is 5.69 Å². The Kier molecular flexibility index (Phi) is 5.12. The van der Waals surface area contributed by atoms with E-state index in [9.17, 15) is 24.9 Å². The van der Waals surface area contributed by atoms with Gasteiger partial charge in [-0.05, 0) is 31.0 Å². The van der Waals surface area contributed by atoms with Crippen LogP contribution in [-0.2, 0) is 19.1 Å². The Hall–Kier alpha value is -4.23. The molecule has 1 heterocycles. The van der Waals surface area contributed by atoms with Crippen LogP contribution in [0.15, 0.2) is 66.2 Å². The van der Waals surface area contributed by atoms with Crippen LogP contribution in [0.5, 0.6) is 0 Å². The van der Waals surface area contributed by atoms with Crippen LogP contribution in [0.1, 0.15) is 25.3 Å². The van der Waals surface area contributed by atoms with E-state index in [-0.39, 0.29) is 30.6 Å². The Bertz CT molecular complexity index is 1210. The predicted molar refractivity (Wildman–Crippen MR) is 114 cm³/mol. The molecule has 0 unspecified atom stereocenters. The highest BCUT2D eigenvalue weighted by atomic mass is 16.5. The van der Waals surface area contributed by atoms with E-state index in [0.717, 1.165) is 4.90 Å². The van der Waals surface area contributed by atoms with E-state index < -0.39 is 28.6 Å². The highest BCUT2D eigenvalue weighted by Gasteiger charge is 2.71. The number of nitrogens with zero attached hydrogens (tertiary/aromatic N) is 3. The van der Waals surface area contributed by atoms with Gasteiger partial charge >= 0.3 is 5.97 Å². The molecule has 2 aromatic rings. The van der Waals surface area contributed by atoms with Crippen molar-refractivity contribution in [2.24, 2.45) is 10.8 Å². The molecule has 0 bridgehead atoms. The minimum Gasteiger partial charge on any atom is -0.463 e. The van der Waals surface area contributed by atoms with Gasteiger partial charge in [0.05, 0.1) is 29.8 Å². The van der Waals surface area contributed by atoms with Crippen molar-refractivity contribution in [1.82, 2.24) is 0 Å². The lowest BCUT2D eigenvalue weighted by Gasteiger charge is -2.32. The molecule has 2 aromatic carbocycles. The lowest BCUT2D eigenvalue weighted by Crippen LogP contribution is -2.44. The van der Waals surface area contributed by atoms with Gasteiger partial charge in [-0.1, -0.05) is 48.5 Å². The number of para-hydroxylation sites is 1. The second-order valence-corrected chi connectivity index (χ2v) is 7.72. The number of rotatable bonds is 4. The SMILES string of the molecule is CCOC(=O)C1=C(c2ccccc2)C(C#N)(C#N)[C@@]2(CC(=O)N(c3ccccc3)C2=O)C1. The van der Waals surface area contributed by atoms with Crippen molar-refractivity contribution in [3.63, 3.8) is 0 Å². The Morgan fingerprint density at radius 3 is 2.16 bits per heavy atom. The third-order valence-corrected chi connectivity index (χ3v) is 6.12. The first kappa shape index (κ1) is 21.0. The maximum Gasteiger partial charge on any atom is 0.334 e. The number of amides is 2. The second kappa shape index (κ2) is 7.79. The minimum atomic E-state index is -2.03. The van der Waals surface area contributed by atoms with Crippen molar-refractivity contribution < 1.29 is 19.1 Å². The van der Waals surface area contributed by atoms with Crippen molar-refractivity contribution in [3.8, 4) is 12.1 Å². The fraction of sp³-hybridized carbons (Fsp3) is 0.240. The van der Waals surface area contributed by atoms with Gasteiger partial charge in [0.1, 0.15) is 0 Å². The molecule has 1 saturated heterocycles. The molecule has 0 saturated carbocycles. The molecule has 0 N–H and O–H groups in total. The van der Waals surface area contributed by atoms with Gasteiger partial charge in [0.2, 0.25) is 11.8 Å². The summed E-state index contributed by atoms with van der Waals surface area (Å²) in [6.07, 6.45) is -0.591. The van der Waals surface area contributed by atoms with Gasteiger partial charge in [0.25, 0.3) is 0 Å². The normalized spacial score (nSPS) is 21.5. The standard InChI is InChI=1S/C25H19N3O4/c1-2-32-22(30)19-13-24(14-20(29)28(23(24)31)18-11-7-4-8-12-18)25(15-26,16-27)21(19)17-9-5-3-6-10-17/h3-12H,2,13-14H2,1H3/t24-/m1/s1. The number of ether oxygens (including phenoxy) is 1. The van der Waals surface area contributed by atoms with Gasteiger partial charge in [-0.25, -0.2) is 9.69 Å². The molecule has 4 rings (SSSR count). The van der Waals surface area contributed by atoms with E-state index in [4.69, 9.17) is 4.74 Å². The highest BCUT2D eigenvalue weighted by molar-refractivity contribution is 6.25. The first-order chi connectivity index (χ1) is 15.5. The van der Waals surface area contributed by atoms with Gasteiger partial charge in [0.15, 0.2) is 5.41 Å². The van der Waals surface area contributed by atoms with E-state index >= 15 is 0 Å². The molecule has 0 radical (unpaired) electrons.